The van der Waals surface area contributed by atoms with E-state index < -0.39 is 17.7 Å². The summed E-state index contributed by atoms with van der Waals surface area (Å²) in [7, 11) is 1.55. The number of carbonyl (C=O) groups excluding carboxylic acids is 2. The Bertz CT molecular complexity index is 631. The molecule has 0 saturated heterocycles. The highest BCUT2D eigenvalue weighted by molar-refractivity contribution is 6.08. The number of aliphatic hydroxyl groups excluding tert-OH is 1. The molecule has 1 aliphatic rings. The van der Waals surface area contributed by atoms with Crippen LogP contribution in [-0.4, -0.2) is 42.0 Å². The van der Waals surface area contributed by atoms with Gasteiger partial charge in [-0.05, 0) is 24.0 Å². The second-order valence-electron chi connectivity index (χ2n) is 6.03. The Morgan fingerprint density at radius 1 is 1.30 bits per heavy atom. The third kappa shape index (κ3) is 3.29. The molecule has 2 rings (SSSR count). The molecule has 0 spiro atoms. The topological polar surface area (TPSA) is 66.8 Å². The first-order valence-electron chi connectivity index (χ1n) is 7.72. The monoisotopic (exact) mass is 317 g/mol. The van der Waals surface area contributed by atoms with Gasteiger partial charge in [0.15, 0.2) is 11.5 Å². The highest BCUT2D eigenvalue weighted by Gasteiger charge is 2.41. The fourth-order valence-corrected chi connectivity index (χ4v) is 2.84. The third-order valence-corrected chi connectivity index (χ3v) is 4.14. The Balaban J connectivity index is 2.43. The maximum absolute atomic E-state index is 12.3. The minimum atomic E-state index is -0.559. The number of ketones is 1. The summed E-state index contributed by atoms with van der Waals surface area (Å²) in [5, 5.41) is 10.1. The van der Waals surface area contributed by atoms with Gasteiger partial charge in [-0.15, -0.1) is 0 Å². The molecule has 1 aliphatic heterocycles. The Morgan fingerprint density at radius 2 is 1.91 bits per heavy atom. The lowest BCUT2D eigenvalue weighted by molar-refractivity contribution is -0.130. The lowest BCUT2D eigenvalue weighted by Crippen LogP contribution is -2.33. The van der Waals surface area contributed by atoms with Crippen molar-refractivity contribution in [2.24, 2.45) is 0 Å². The van der Waals surface area contributed by atoms with Crippen molar-refractivity contribution in [1.29, 1.82) is 0 Å². The number of ether oxygens (including phenoxy) is 1. The molecule has 0 aliphatic carbocycles. The van der Waals surface area contributed by atoms with Gasteiger partial charge in [0.1, 0.15) is 0 Å². The summed E-state index contributed by atoms with van der Waals surface area (Å²) < 4.78 is 5.04. The molecule has 1 N–H and O–H groups in total. The number of amides is 1. The van der Waals surface area contributed by atoms with Crippen molar-refractivity contribution in [3.05, 3.63) is 46.7 Å². The summed E-state index contributed by atoms with van der Waals surface area (Å²) in [5.41, 5.74) is 2.15. The molecule has 0 aromatic heterocycles. The van der Waals surface area contributed by atoms with Crippen molar-refractivity contribution in [3.63, 3.8) is 0 Å². The van der Waals surface area contributed by atoms with Crippen molar-refractivity contribution < 1.29 is 19.4 Å². The van der Waals surface area contributed by atoms with Crippen LogP contribution in [0.15, 0.2) is 35.6 Å². The van der Waals surface area contributed by atoms with Crippen LogP contribution < -0.4 is 0 Å². The van der Waals surface area contributed by atoms with Gasteiger partial charge < -0.3 is 14.7 Å². The highest BCUT2D eigenvalue weighted by atomic mass is 16.5. The molecule has 1 unspecified atom stereocenters. The molecule has 1 heterocycles. The highest BCUT2D eigenvalue weighted by Crippen LogP contribution is 2.37. The second-order valence-corrected chi connectivity index (χ2v) is 6.03. The summed E-state index contributed by atoms with van der Waals surface area (Å²) in [6, 6.07) is 7.25. The van der Waals surface area contributed by atoms with Crippen molar-refractivity contribution in [1.82, 2.24) is 4.90 Å². The minimum absolute atomic E-state index is 0.156. The van der Waals surface area contributed by atoms with Crippen LogP contribution in [0.3, 0.4) is 0 Å². The van der Waals surface area contributed by atoms with E-state index in [2.05, 4.69) is 13.8 Å². The van der Waals surface area contributed by atoms with Gasteiger partial charge in [0.25, 0.3) is 5.91 Å². The van der Waals surface area contributed by atoms with Crippen LogP contribution >= 0.6 is 0 Å². The second kappa shape index (κ2) is 6.96. The Morgan fingerprint density at radius 3 is 2.39 bits per heavy atom. The SMILES string of the molecule is COCCN1C(=O)C(O)=C(C(C)=O)C1c1ccc(C(C)C)cc1. The number of hydrogen-bond acceptors (Lipinski definition) is 4. The van der Waals surface area contributed by atoms with Gasteiger partial charge in [-0.3, -0.25) is 9.59 Å². The first kappa shape index (κ1) is 17.2. The molecule has 0 saturated carbocycles. The summed E-state index contributed by atoms with van der Waals surface area (Å²) >= 11 is 0. The molecule has 0 radical (unpaired) electrons. The average Bonchev–Trinajstić information content (AvgIpc) is 2.77. The maximum atomic E-state index is 12.3. The Hall–Kier alpha value is -2.14. The van der Waals surface area contributed by atoms with Crippen molar-refractivity contribution in [3.8, 4) is 0 Å². The maximum Gasteiger partial charge on any atom is 0.290 e. The number of hydrogen-bond donors (Lipinski definition) is 1. The van der Waals surface area contributed by atoms with Gasteiger partial charge in [-0.1, -0.05) is 38.1 Å². The number of aliphatic hydroxyl groups is 1. The first-order valence-corrected chi connectivity index (χ1v) is 7.72. The van der Waals surface area contributed by atoms with Crippen LogP contribution in [0.4, 0.5) is 0 Å². The molecule has 1 atom stereocenters. The number of carbonyl (C=O) groups is 2. The van der Waals surface area contributed by atoms with E-state index in [9.17, 15) is 14.7 Å². The van der Waals surface area contributed by atoms with E-state index in [1.54, 1.807) is 7.11 Å². The zero-order valence-electron chi connectivity index (χ0n) is 14.0. The van der Waals surface area contributed by atoms with E-state index >= 15 is 0 Å². The molecule has 5 heteroatoms. The quantitative estimate of drug-likeness (QED) is 0.876. The molecule has 1 aromatic carbocycles. The normalized spacial score (nSPS) is 18.2. The number of rotatable bonds is 6. The van der Waals surface area contributed by atoms with Gasteiger partial charge in [0.05, 0.1) is 18.2 Å². The van der Waals surface area contributed by atoms with E-state index in [1.165, 1.54) is 17.4 Å². The van der Waals surface area contributed by atoms with Crippen molar-refractivity contribution in [2.75, 3.05) is 20.3 Å². The van der Waals surface area contributed by atoms with Crippen LogP contribution in [0.25, 0.3) is 0 Å². The number of nitrogens with zero attached hydrogens (tertiary/aromatic N) is 1. The average molecular weight is 317 g/mol. The number of benzene rings is 1. The molecular weight excluding hydrogens is 294 g/mol. The molecule has 1 aromatic rings. The Kier molecular flexibility index (Phi) is 5.21. The van der Waals surface area contributed by atoms with Gasteiger partial charge in [0, 0.05) is 13.7 Å². The summed E-state index contributed by atoms with van der Waals surface area (Å²) in [6.07, 6.45) is 0. The fourth-order valence-electron chi connectivity index (χ4n) is 2.84. The standard InChI is InChI=1S/C18H23NO4/c1-11(2)13-5-7-14(8-6-13)16-15(12(3)20)17(21)18(22)19(16)9-10-23-4/h5-8,11,16,21H,9-10H2,1-4H3. The Labute approximate surface area is 136 Å². The summed E-state index contributed by atoms with van der Waals surface area (Å²) in [6.45, 7) is 6.23. The van der Waals surface area contributed by atoms with Gasteiger partial charge in [-0.25, -0.2) is 0 Å². The van der Waals surface area contributed by atoms with Crippen LogP contribution in [0.2, 0.25) is 0 Å². The number of Topliss-reactive ketones (excluding diaryl/α,β-unsaturated/α-hetero) is 1. The van der Waals surface area contributed by atoms with Crippen LogP contribution in [0.1, 0.15) is 43.9 Å². The minimum Gasteiger partial charge on any atom is -0.503 e. The fraction of sp³-hybridized carbons (Fsp3) is 0.444. The molecule has 0 fully saturated rings. The van der Waals surface area contributed by atoms with Gasteiger partial charge in [0.2, 0.25) is 0 Å². The lowest BCUT2D eigenvalue weighted by atomic mass is 9.94. The molecule has 124 valence electrons. The van der Waals surface area contributed by atoms with E-state index in [0.29, 0.717) is 19.1 Å². The molecular formula is C18H23NO4. The zero-order chi connectivity index (χ0) is 17.1. The van der Waals surface area contributed by atoms with E-state index in [0.717, 1.165) is 5.56 Å². The summed E-state index contributed by atoms with van der Waals surface area (Å²) in [4.78, 5) is 25.7. The largest absolute Gasteiger partial charge is 0.503 e. The van der Waals surface area contributed by atoms with Crippen LogP contribution in [0, 0.1) is 0 Å². The predicted molar refractivity (Wildman–Crippen MR) is 87.2 cm³/mol. The van der Waals surface area contributed by atoms with Crippen LogP contribution in [-0.2, 0) is 14.3 Å². The third-order valence-electron chi connectivity index (χ3n) is 4.14. The van der Waals surface area contributed by atoms with Crippen LogP contribution in [0.5, 0.6) is 0 Å². The van der Waals surface area contributed by atoms with Gasteiger partial charge in [-0.2, -0.15) is 0 Å². The van der Waals surface area contributed by atoms with E-state index in [1.807, 2.05) is 24.3 Å². The first-order chi connectivity index (χ1) is 10.9. The number of methoxy groups -OCH3 is 1. The molecule has 5 nitrogen and oxygen atoms in total. The summed E-state index contributed by atoms with van der Waals surface area (Å²) in [5.74, 6) is -0.875. The zero-order valence-corrected chi connectivity index (χ0v) is 14.0. The van der Waals surface area contributed by atoms with Crippen molar-refractivity contribution >= 4 is 11.7 Å². The molecule has 0 bridgehead atoms. The molecule has 23 heavy (non-hydrogen) atoms. The van der Waals surface area contributed by atoms with Crippen molar-refractivity contribution in [2.45, 2.75) is 32.7 Å². The van der Waals surface area contributed by atoms with E-state index in [-0.39, 0.29) is 11.4 Å². The molecule has 1 amide bonds. The van der Waals surface area contributed by atoms with E-state index in [4.69, 9.17) is 4.74 Å². The van der Waals surface area contributed by atoms with Gasteiger partial charge >= 0.3 is 0 Å². The smallest absolute Gasteiger partial charge is 0.290 e. The lowest BCUT2D eigenvalue weighted by Gasteiger charge is -2.26. The predicted octanol–water partition coefficient (Wildman–Crippen LogP) is 2.74.